The Bertz CT molecular complexity index is 421. The van der Waals surface area contributed by atoms with Gasteiger partial charge >= 0.3 is 12.0 Å². The molecule has 116 valence electrons. The van der Waals surface area contributed by atoms with E-state index in [1.165, 1.54) is 0 Å². The molecular weight excluding hydrogens is 284 g/mol. The molecule has 0 aliphatic carbocycles. The number of aliphatic carboxylic acids is 1. The Morgan fingerprint density at radius 1 is 1.10 bits per heavy atom. The lowest BCUT2D eigenvalue weighted by atomic mass is 10.1. The fourth-order valence-corrected chi connectivity index (χ4v) is 3.54. The number of carboxylic acids is 1. The SMILES string of the molecule is O=C(O)CCCCCNC(=O)NC1CCS(=O)(=O)CC1. The summed E-state index contributed by atoms with van der Waals surface area (Å²) in [6.07, 6.45) is 3.19. The first-order valence-electron chi connectivity index (χ1n) is 6.85. The molecule has 0 radical (unpaired) electrons. The highest BCUT2D eigenvalue weighted by Gasteiger charge is 2.24. The third-order valence-corrected chi connectivity index (χ3v) is 4.96. The molecule has 8 heteroatoms. The van der Waals surface area contributed by atoms with Crippen molar-refractivity contribution in [3.05, 3.63) is 0 Å². The summed E-state index contributed by atoms with van der Waals surface area (Å²) in [5, 5.41) is 13.9. The molecule has 0 aromatic carbocycles. The minimum atomic E-state index is -2.91. The average Bonchev–Trinajstić information content (AvgIpc) is 2.36. The van der Waals surface area contributed by atoms with Crippen molar-refractivity contribution in [2.45, 2.75) is 44.6 Å². The minimum absolute atomic E-state index is 0.0782. The van der Waals surface area contributed by atoms with Crippen molar-refractivity contribution in [2.75, 3.05) is 18.1 Å². The molecule has 7 nitrogen and oxygen atoms in total. The molecule has 1 heterocycles. The molecule has 1 fully saturated rings. The van der Waals surface area contributed by atoms with E-state index in [1.54, 1.807) is 0 Å². The van der Waals surface area contributed by atoms with Gasteiger partial charge in [0.25, 0.3) is 0 Å². The summed E-state index contributed by atoms with van der Waals surface area (Å²) < 4.78 is 22.5. The van der Waals surface area contributed by atoms with E-state index in [0.29, 0.717) is 25.8 Å². The van der Waals surface area contributed by atoms with Gasteiger partial charge in [-0.2, -0.15) is 0 Å². The molecule has 0 atom stereocenters. The number of hydrogen-bond acceptors (Lipinski definition) is 4. The number of rotatable bonds is 7. The average molecular weight is 306 g/mol. The molecule has 1 saturated heterocycles. The van der Waals surface area contributed by atoms with Crippen LogP contribution in [0.25, 0.3) is 0 Å². The standard InChI is InChI=1S/C12H22N2O5S/c15-11(16)4-2-1-3-7-13-12(17)14-10-5-8-20(18,19)9-6-10/h10H,1-9H2,(H,15,16)(H2,13,14,17). The second kappa shape index (κ2) is 8.08. The normalized spacial score (nSPS) is 18.4. The zero-order valence-corrected chi connectivity index (χ0v) is 12.2. The maximum Gasteiger partial charge on any atom is 0.315 e. The molecule has 20 heavy (non-hydrogen) atoms. The van der Waals surface area contributed by atoms with Crippen LogP contribution in [0, 0.1) is 0 Å². The van der Waals surface area contributed by atoms with E-state index in [1.807, 2.05) is 0 Å². The number of amides is 2. The first kappa shape index (κ1) is 16.7. The molecule has 3 N–H and O–H groups in total. The van der Waals surface area contributed by atoms with Gasteiger partial charge in [0.05, 0.1) is 11.5 Å². The molecule has 0 aromatic heterocycles. The van der Waals surface area contributed by atoms with Crippen molar-refractivity contribution in [1.29, 1.82) is 0 Å². The van der Waals surface area contributed by atoms with Gasteiger partial charge in [0.2, 0.25) is 0 Å². The number of sulfone groups is 1. The molecule has 0 spiro atoms. The largest absolute Gasteiger partial charge is 0.481 e. The van der Waals surface area contributed by atoms with Crippen LogP contribution >= 0.6 is 0 Å². The highest BCUT2D eigenvalue weighted by atomic mass is 32.2. The van der Waals surface area contributed by atoms with E-state index < -0.39 is 15.8 Å². The van der Waals surface area contributed by atoms with E-state index in [2.05, 4.69) is 10.6 Å². The molecule has 0 bridgehead atoms. The number of carboxylic acid groups (broad SMARTS) is 1. The maximum atomic E-state index is 11.5. The Morgan fingerprint density at radius 3 is 2.35 bits per heavy atom. The summed E-state index contributed by atoms with van der Waals surface area (Å²) in [6.45, 7) is 0.496. The van der Waals surface area contributed by atoms with E-state index in [-0.39, 0.29) is 30.0 Å². The van der Waals surface area contributed by atoms with Crippen LogP contribution in [0.15, 0.2) is 0 Å². The van der Waals surface area contributed by atoms with Crippen molar-refractivity contribution >= 4 is 21.8 Å². The van der Waals surface area contributed by atoms with Gasteiger partial charge in [0.1, 0.15) is 9.84 Å². The predicted molar refractivity (Wildman–Crippen MR) is 74.3 cm³/mol. The lowest BCUT2D eigenvalue weighted by molar-refractivity contribution is -0.137. The lowest BCUT2D eigenvalue weighted by Gasteiger charge is -2.23. The third-order valence-electron chi connectivity index (χ3n) is 3.24. The zero-order valence-electron chi connectivity index (χ0n) is 11.4. The van der Waals surface area contributed by atoms with E-state index >= 15 is 0 Å². The van der Waals surface area contributed by atoms with Crippen molar-refractivity contribution in [3.8, 4) is 0 Å². The Labute approximate surface area is 119 Å². The molecule has 1 aliphatic heterocycles. The van der Waals surface area contributed by atoms with Crippen molar-refractivity contribution in [3.63, 3.8) is 0 Å². The summed E-state index contributed by atoms with van der Waals surface area (Å²) in [5.41, 5.74) is 0. The number of hydrogen-bond donors (Lipinski definition) is 3. The second-order valence-electron chi connectivity index (χ2n) is 5.03. The van der Waals surface area contributed by atoms with E-state index in [4.69, 9.17) is 5.11 Å². The Kier molecular flexibility index (Phi) is 6.77. The quantitative estimate of drug-likeness (QED) is 0.593. The van der Waals surface area contributed by atoms with Crippen molar-refractivity contribution in [2.24, 2.45) is 0 Å². The number of unbranched alkanes of at least 4 members (excludes halogenated alkanes) is 2. The van der Waals surface area contributed by atoms with Crippen LogP contribution in [0.5, 0.6) is 0 Å². The zero-order chi connectivity index (χ0) is 15.0. The van der Waals surface area contributed by atoms with Crippen LogP contribution < -0.4 is 10.6 Å². The first-order chi connectivity index (χ1) is 9.39. The summed E-state index contributed by atoms with van der Waals surface area (Å²) in [5.74, 6) is -0.539. The van der Waals surface area contributed by atoms with E-state index in [0.717, 1.165) is 12.8 Å². The van der Waals surface area contributed by atoms with Crippen LogP contribution in [0.1, 0.15) is 38.5 Å². The van der Waals surface area contributed by atoms with Crippen LogP contribution in [-0.2, 0) is 14.6 Å². The minimum Gasteiger partial charge on any atom is -0.481 e. The topological polar surface area (TPSA) is 113 Å². The van der Waals surface area contributed by atoms with Gasteiger partial charge in [-0.3, -0.25) is 4.79 Å². The molecule has 2 amide bonds. The Balaban J connectivity index is 2.05. The number of urea groups is 1. The van der Waals surface area contributed by atoms with E-state index in [9.17, 15) is 18.0 Å². The highest BCUT2D eigenvalue weighted by molar-refractivity contribution is 7.91. The predicted octanol–water partition coefficient (Wildman–Crippen LogP) is 0.508. The van der Waals surface area contributed by atoms with Gasteiger partial charge in [0, 0.05) is 19.0 Å². The van der Waals surface area contributed by atoms with Crippen LogP contribution in [0.3, 0.4) is 0 Å². The Hall–Kier alpha value is -1.31. The van der Waals surface area contributed by atoms with Crippen molar-refractivity contribution < 1.29 is 23.1 Å². The fraction of sp³-hybridized carbons (Fsp3) is 0.833. The van der Waals surface area contributed by atoms with Gasteiger partial charge in [-0.15, -0.1) is 0 Å². The Morgan fingerprint density at radius 2 is 1.75 bits per heavy atom. The highest BCUT2D eigenvalue weighted by Crippen LogP contribution is 2.11. The van der Waals surface area contributed by atoms with Gasteiger partial charge in [-0.25, -0.2) is 13.2 Å². The first-order valence-corrected chi connectivity index (χ1v) is 8.68. The second-order valence-corrected chi connectivity index (χ2v) is 7.33. The third kappa shape index (κ3) is 7.32. The molecule has 0 unspecified atom stereocenters. The van der Waals surface area contributed by atoms with Crippen molar-refractivity contribution in [1.82, 2.24) is 10.6 Å². The summed E-state index contributed by atoms with van der Waals surface area (Å²) in [7, 11) is -2.91. The van der Waals surface area contributed by atoms with Crippen LogP contribution in [-0.4, -0.2) is 49.6 Å². The molecule has 0 aromatic rings. The summed E-state index contributed by atoms with van der Waals surface area (Å²) >= 11 is 0. The molecule has 1 aliphatic rings. The lowest BCUT2D eigenvalue weighted by Crippen LogP contribution is -2.45. The van der Waals surface area contributed by atoms with Gasteiger partial charge < -0.3 is 15.7 Å². The number of carbonyl (C=O) groups is 2. The van der Waals surface area contributed by atoms with Crippen LogP contribution in [0.2, 0.25) is 0 Å². The van der Waals surface area contributed by atoms with Crippen LogP contribution in [0.4, 0.5) is 4.79 Å². The van der Waals surface area contributed by atoms with Gasteiger partial charge in [-0.1, -0.05) is 6.42 Å². The van der Waals surface area contributed by atoms with Gasteiger partial charge in [-0.05, 0) is 25.7 Å². The van der Waals surface area contributed by atoms with Gasteiger partial charge in [0.15, 0.2) is 0 Å². The smallest absolute Gasteiger partial charge is 0.315 e. The number of nitrogens with one attached hydrogen (secondary N) is 2. The fourth-order valence-electron chi connectivity index (χ4n) is 2.05. The number of carbonyl (C=O) groups excluding carboxylic acids is 1. The summed E-state index contributed by atoms with van der Waals surface area (Å²) in [4.78, 5) is 21.8. The molecular formula is C12H22N2O5S. The maximum absolute atomic E-state index is 11.5. The molecule has 0 saturated carbocycles. The summed E-state index contributed by atoms with van der Waals surface area (Å²) in [6, 6.07) is -0.363. The molecule has 1 rings (SSSR count). The monoisotopic (exact) mass is 306 g/mol.